The van der Waals surface area contributed by atoms with Gasteiger partial charge in [-0.15, -0.1) is 0 Å². The van der Waals surface area contributed by atoms with Crippen molar-refractivity contribution in [3.8, 4) is 11.4 Å². The van der Waals surface area contributed by atoms with Gasteiger partial charge in [0.15, 0.2) is 0 Å². The summed E-state index contributed by atoms with van der Waals surface area (Å²) in [5.74, 6) is -3.77. The zero-order chi connectivity index (χ0) is 33.7. The average Bonchev–Trinajstić information content (AvgIpc) is 3.45. The van der Waals surface area contributed by atoms with Gasteiger partial charge in [0.25, 0.3) is 11.5 Å². The number of hydrogen-bond acceptors (Lipinski definition) is 6. The maximum Gasteiger partial charge on any atom is 0.273 e. The van der Waals surface area contributed by atoms with Gasteiger partial charge in [0, 0.05) is 19.5 Å². The monoisotopic (exact) mass is 649 g/mol. The number of alkyl halides is 2. The Morgan fingerprint density at radius 2 is 1.89 bits per heavy atom. The van der Waals surface area contributed by atoms with Crippen LogP contribution in [0.5, 0.6) is 5.75 Å². The van der Waals surface area contributed by atoms with Crippen molar-refractivity contribution in [2.45, 2.75) is 64.0 Å². The Morgan fingerprint density at radius 3 is 2.53 bits per heavy atom. The summed E-state index contributed by atoms with van der Waals surface area (Å²) in [6.07, 6.45) is 2.78. The number of hydrogen-bond donors (Lipinski definition) is 1. The van der Waals surface area contributed by atoms with Crippen LogP contribution in [0.15, 0.2) is 71.5 Å². The van der Waals surface area contributed by atoms with Crippen LogP contribution in [0.25, 0.3) is 16.6 Å². The fourth-order valence-electron chi connectivity index (χ4n) is 6.45. The molecule has 2 N–H and O–H groups in total. The molecule has 2 heterocycles. The van der Waals surface area contributed by atoms with Crippen molar-refractivity contribution >= 4 is 16.8 Å². The number of carbonyl (C=O) groups is 1. The highest BCUT2D eigenvalue weighted by Crippen LogP contribution is 2.31. The number of para-hydroxylation sites is 1. The lowest BCUT2D eigenvalue weighted by Crippen LogP contribution is -2.42. The van der Waals surface area contributed by atoms with Crippen LogP contribution in [-0.2, 0) is 17.1 Å². The minimum absolute atomic E-state index is 0.193. The Hall–Kier alpha value is -4.22. The van der Waals surface area contributed by atoms with E-state index in [0.717, 1.165) is 31.5 Å². The molecule has 1 amide bonds. The first kappa shape index (κ1) is 34.1. The highest BCUT2D eigenvalue weighted by Gasteiger charge is 2.33. The van der Waals surface area contributed by atoms with Crippen molar-refractivity contribution in [1.29, 1.82) is 0 Å². The van der Waals surface area contributed by atoms with E-state index in [9.17, 15) is 22.8 Å². The molecule has 4 aromatic rings. The molecule has 3 aromatic carbocycles. The molecule has 1 aliphatic rings. The number of nitrogens with zero attached hydrogens (tertiary/aromatic N) is 4. The first-order valence-electron chi connectivity index (χ1n) is 16.1. The average molecular weight is 650 g/mol. The third-order valence-corrected chi connectivity index (χ3v) is 8.88. The van der Waals surface area contributed by atoms with E-state index in [1.165, 1.54) is 10.6 Å². The third-order valence-electron chi connectivity index (χ3n) is 8.88. The molecule has 47 heavy (non-hydrogen) atoms. The summed E-state index contributed by atoms with van der Waals surface area (Å²) in [6, 6.07) is 17.1. The van der Waals surface area contributed by atoms with Crippen molar-refractivity contribution in [1.82, 2.24) is 19.4 Å². The minimum Gasteiger partial charge on any atom is -0.494 e. The molecule has 0 radical (unpaired) electrons. The predicted octanol–water partition coefficient (Wildman–Crippen LogP) is 5.98. The van der Waals surface area contributed by atoms with Crippen LogP contribution in [0.3, 0.4) is 0 Å². The number of benzene rings is 3. The Bertz CT molecular complexity index is 1760. The maximum absolute atomic E-state index is 14.8. The van der Waals surface area contributed by atoms with Gasteiger partial charge in [0.1, 0.15) is 17.4 Å². The molecule has 2 unspecified atom stereocenters. The van der Waals surface area contributed by atoms with Crippen molar-refractivity contribution in [2.24, 2.45) is 5.73 Å². The van der Waals surface area contributed by atoms with Gasteiger partial charge in [-0.25, -0.2) is 18.2 Å². The van der Waals surface area contributed by atoms with Crippen LogP contribution in [-0.4, -0.2) is 64.6 Å². The smallest absolute Gasteiger partial charge is 0.273 e. The van der Waals surface area contributed by atoms with E-state index in [0.29, 0.717) is 61.1 Å². The molecule has 0 saturated carbocycles. The van der Waals surface area contributed by atoms with Crippen molar-refractivity contribution in [3.05, 3.63) is 99.9 Å². The number of halogens is 3. The predicted molar refractivity (Wildman–Crippen MR) is 177 cm³/mol. The quantitative estimate of drug-likeness (QED) is 0.192. The SMILES string of the molecule is CCOc1ccc(-n2c(C(CCN)N(CCC3CCCN3C)C(=O)Cc3ccc(C(C)(F)F)c(F)c3)nc3ccccc3c2=O)cc1. The summed E-state index contributed by atoms with van der Waals surface area (Å²) in [5.41, 5.74) is 6.45. The molecule has 8 nitrogen and oxygen atoms in total. The number of carbonyl (C=O) groups excluding carboxylic acids is 1. The molecular formula is C36H42F3N5O3. The van der Waals surface area contributed by atoms with E-state index in [2.05, 4.69) is 11.9 Å². The zero-order valence-electron chi connectivity index (χ0n) is 27.1. The van der Waals surface area contributed by atoms with E-state index in [1.54, 1.807) is 53.4 Å². The molecule has 0 spiro atoms. The fourth-order valence-corrected chi connectivity index (χ4v) is 6.45. The highest BCUT2D eigenvalue weighted by molar-refractivity contribution is 5.80. The molecule has 1 aromatic heterocycles. The molecule has 0 bridgehead atoms. The lowest BCUT2D eigenvalue weighted by Gasteiger charge is -2.34. The van der Waals surface area contributed by atoms with Gasteiger partial charge in [-0.3, -0.25) is 14.2 Å². The lowest BCUT2D eigenvalue weighted by atomic mass is 10.0. The number of nitrogens with two attached hydrogens (primary N) is 1. The van der Waals surface area contributed by atoms with Gasteiger partial charge < -0.3 is 20.3 Å². The standard InChI is InChI=1S/C36H42F3N5O3/c1-4-47-27-14-12-26(13-15-27)44-34(41-31-10-6-5-9-28(31)35(44)46)32(17-19-40)43(21-18-25-8-7-20-42(25)3)33(45)23-24-11-16-29(30(37)22-24)36(2,38)39/h5-6,9-16,22,25,32H,4,7-8,17-21,23,40H2,1-3H3. The molecule has 1 saturated heterocycles. The molecule has 250 valence electrons. The molecule has 5 rings (SSSR count). The highest BCUT2D eigenvalue weighted by atomic mass is 19.3. The molecule has 0 aliphatic carbocycles. The largest absolute Gasteiger partial charge is 0.494 e. The van der Waals surface area contributed by atoms with Gasteiger partial charge in [-0.05, 0) is 107 Å². The second-order valence-electron chi connectivity index (χ2n) is 12.2. The summed E-state index contributed by atoms with van der Waals surface area (Å²) in [5, 5.41) is 0.422. The Kier molecular flexibility index (Phi) is 10.7. The maximum atomic E-state index is 14.8. The summed E-state index contributed by atoms with van der Waals surface area (Å²) in [7, 11) is 2.06. The van der Waals surface area contributed by atoms with E-state index in [-0.39, 0.29) is 36.0 Å². The minimum atomic E-state index is -3.36. The number of rotatable bonds is 13. The number of fused-ring (bicyclic) bond motifs is 1. The summed E-state index contributed by atoms with van der Waals surface area (Å²) < 4.78 is 49.7. The van der Waals surface area contributed by atoms with Crippen LogP contribution < -0.4 is 16.0 Å². The molecular weight excluding hydrogens is 607 g/mol. The molecule has 1 fully saturated rings. The van der Waals surface area contributed by atoms with Crippen molar-refractivity contribution < 1.29 is 22.7 Å². The van der Waals surface area contributed by atoms with Gasteiger partial charge in [0.05, 0.1) is 41.2 Å². The summed E-state index contributed by atoms with van der Waals surface area (Å²) in [6.45, 7) is 4.49. The molecule has 1 aliphatic heterocycles. The Morgan fingerprint density at radius 1 is 1.15 bits per heavy atom. The Labute approximate surface area is 273 Å². The third kappa shape index (κ3) is 7.68. The lowest BCUT2D eigenvalue weighted by molar-refractivity contribution is -0.133. The van der Waals surface area contributed by atoms with Crippen molar-refractivity contribution in [3.63, 3.8) is 0 Å². The van der Waals surface area contributed by atoms with Crippen molar-refractivity contribution in [2.75, 3.05) is 33.3 Å². The van der Waals surface area contributed by atoms with Crippen LogP contribution in [0.4, 0.5) is 13.2 Å². The fraction of sp³-hybridized carbons (Fsp3) is 0.417. The number of likely N-dealkylation sites (tertiary alicyclic amines) is 1. The van der Waals surface area contributed by atoms with E-state index >= 15 is 0 Å². The van der Waals surface area contributed by atoms with Gasteiger partial charge in [0.2, 0.25) is 5.91 Å². The van der Waals surface area contributed by atoms with Gasteiger partial charge >= 0.3 is 0 Å². The summed E-state index contributed by atoms with van der Waals surface area (Å²) >= 11 is 0. The number of ether oxygens (including phenoxy) is 1. The first-order chi connectivity index (χ1) is 22.5. The van der Waals surface area contributed by atoms with E-state index < -0.39 is 23.3 Å². The van der Waals surface area contributed by atoms with Crippen LogP contribution in [0.1, 0.15) is 62.5 Å². The first-order valence-corrected chi connectivity index (χ1v) is 16.1. The topological polar surface area (TPSA) is 93.7 Å². The normalized spacial score (nSPS) is 16.0. The number of amides is 1. The van der Waals surface area contributed by atoms with E-state index in [4.69, 9.17) is 15.5 Å². The van der Waals surface area contributed by atoms with Crippen LogP contribution in [0, 0.1) is 5.82 Å². The van der Waals surface area contributed by atoms with Crippen LogP contribution >= 0.6 is 0 Å². The second kappa shape index (κ2) is 14.7. The van der Waals surface area contributed by atoms with Gasteiger partial charge in [-0.2, -0.15) is 0 Å². The molecule has 11 heteroatoms. The van der Waals surface area contributed by atoms with Crippen LogP contribution in [0.2, 0.25) is 0 Å². The van der Waals surface area contributed by atoms with Gasteiger partial charge in [-0.1, -0.05) is 18.2 Å². The Balaban J connectivity index is 1.61. The summed E-state index contributed by atoms with van der Waals surface area (Å²) in [4.78, 5) is 37.3. The second-order valence-corrected chi connectivity index (χ2v) is 12.2. The zero-order valence-corrected chi connectivity index (χ0v) is 27.1. The molecule has 2 atom stereocenters. The van der Waals surface area contributed by atoms with E-state index in [1.807, 2.05) is 6.92 Å². The number of aromatic nitrogens is 2.